The molecule has 0 heterocycles. The van der Waals surface area contributed by atoms with E-state index in [-0.39, 0.29) is 17.4 Å². The van der Waals surface area contributed by atoms with E-state index in [0.29, 0.717) is 81.6 Å². The van der Waals surface area contributed by atoms with Gasteiger partial charge in [0.2, 0.25) is 0 Å². The predicted molar refractivity (Wildman–Crippen MR) is 269 cm³/mol. The molecule has 68 heavy (non-hydrogen) atoms. The Morgan fingerprint density at radius 1 is 0.588 bits per heavy atom. The third-order valence-corrected chi connectivity index (χ3v) is 11.8. The zero-order valence-corrected chi connectivity index (χ0v) is 38.2. The van der Waals surface area contributed by atoms with Crippen LogP contribution >= 0.6 is 0 Å². The van der Waals surface area contributed by atoms with E-state index in [0.717, 1.165) is 44.2 Å². The third kappa shape index (κ3) is 11.7. The van der Waals surface area contributed by atoms with Crippen LogP contribution in [0.15, 0.2) is 176 Å². The molecule has 16 heteroatoms. The average Bonchev–Trinajstić information content (AvgIpc) is 3.32. The van der Waals surface area contributed by atoms with Gasteiger partial charge in [0.1, 0.15) is 11.4 Å². The van der Waals surface area contributed by atoms with Crippen molar-refractivity contribution >= 4 is 94.4 Å². The molecule has 0 unspecified atom stereocenters. The number of aryl methyl sites for hydroxylation is 3. The zero-order chi connectivity index (χ0) is 47.8. The first-order valence-corrected chi connectivity index (χ1v) is 23.2. The summed E-state index contributed by atoms with van der Waals surface area (Å²) in [5, 5.41) is 47.3. The molecule has 0 aliphatic carbocycles. The molecular formula is C52H47N9O6S. The lowest BCUT2D eigenvalue weighted by Gasteiger charge is -2.11. The molecule has 0 aliphatic rings. The number of ether oxygens (including phenoxy) is 1. The summed E-state index contributed by atoms with van der Waals surface area (Å²) in [4.78, 5) is 13.1. The summed E-state index contributed by atoms with van der Waals surface area (Å²) in [5.41, 5.74) is 15.4. The number of phenolic OH excluding ortho intramolecular Hbond substituents is 1. The van der Waals surface area contributed by atoms with Crippen molar-refractivity contribution in [2.45, 2.75) is 33.6 Å². The van der Waals surface area contributed by atoms with E-state index in [1.165, 1.54) is 0 Å². The minimum Gasteiger partial charge on any atom is -0.505 e. The molecule has 0 atom stereocenters. The van der Waals surface area contributed by atoms with Crippen molar-refractivity contribution in [3.05, 3.63) is 168 Å². The number of nitrogen functional groups attached to an aromatic ring is 1. The SMILES string of the molecule is Cc1cc(N=Nc2cc(C)c(N=Nc3ccc4cc(Nc5ccc(N)cc5)ccc4c3O)cc2C)ccc1N=Nc1ccc(C(=O)Nc2ccc3c(OCCCCS(=O)(=O)O)cccc3c2)cc1. The number of aromatic hydroxyl groups is 1. The van der Waals surface area contributed by atoms with E-state index in [9.17, 15) is 18.3 Å². The Kier molecular flexibility index (Phi) is 13.9. The highest BCUT2D eigenvalue weighted by Crippen LogP contribution is 2.39. The molecule has 0 spiro atoms. The molecule has 8 rings (SSSR count). The standard InChI is InChI=1S/C52H47N9O6S/c1-32-27-43(57-60-48-28-34(3)49(29-33(48)2)61-59-47-23-11-37-31-41(19-22-45(37)51(47)62)54-39-16-12-38(53)13-17-39)20-24-46(32)58-56-40-14-9-35(10-15-40)52(63)55-42-18-21-44-36(30-42)7-6-8-50(44)67-25-4-5-26-68(64,65)66/h6-24,27-31,54,62H,4-5,25-26,53H2,1-3H3,(H,55,63)(H,64,65,66). The molecule has 0 radical (unpaired) electrons. The summed E-state index contributed by atoms with van der Waals surface area (Å²) in [7, 11) is -3.99. The van der Waals surface area contributed by atoms with Crippen LogP contribution in [0.4, 0.5) is 56.9 Å². The van der Waals surface area contributed by atoms with Crippen LogP contribution in [-0.4, -0.2) is 36.3 Å². The maximum atomic E-state index is 13.1. The second-order valence-corrected chi connectivity index (χ2v) is 17.7. The Morgan fingerprint density at radius 2 is 1.18 bits per heavy atom. The molecule has 8 aromatic carbocycles. The normalized spacial score (nSPS) is 11.9. The van der Waals surface area contributed by atoms with Crippen molar-refractivity contribution in [2.24, 2.45) is 30.7 Å². The molecule has 0 bridgehead atoms. The number of carbonyl (C=O) groups excluding carboxylic acids is 1. The lowest BCUT2D eigenvalue weighted by Crippen LogP contribution is -2.11. The second kappa shape index (κ2) is 20.4. The number of unbranched alkanes of at least 4 members (excludes halogenated alkanes) is 1. The summed E-state index contributed by atoms with van der Waals surface area (Å²) in [6.07, 6.45) is 0.762. The van der Waals surface area contributed by atoms with Crippen molar-refractivity contribution < 1.29 is 27.6 Å². The summed E-state index contributed by atoms with van der Waals surface area (Å²) in [6, 6.07) is 44.0. The summed E-state index contributed by atoms with van der Waals surface area (Å²) in [6.45, 7) is 6.06. The molecule has 342 valence electrons. The molecule has 8 aromatic rings. The van der Waals surface area contributed by atoms with E-state index in [1.807, 2.05) is 130 Å². The lowest BCUT2D eigenvalue weighted by atomic mass is 10.1. The van der Waals surface area contributed by atoms with Gasteiger partial charge in [-0.1, -0.05) is 18.2 Å². The molecule has 15 nitrogen and oxygen atoms in total. The zero-order valence-electron chi connectivity index (χ0n) is 37.4. The van der Waals surface area contributed by atoms with Crippen LogP contribution in [0.1, 0.15) is 39.9 Å². The van der Waals surface area contributed by atoms with Crippen molar-refractivity contribution in [3.63, 3.8) is 0 Å². The lowest BCUT2D eigenvalue weighted by molar-refractivity contribution is 0.102. The average molecular weight is 926 g/mol. The Balaban J connectivity index is 0.851. The van der Waals surface area contributed by atoms with E-state index in [2.05, 4.69) is 41.3 Å². The number of hydrogen-bond acceptors (Lipinski definition) is 13. The Bertz CT molecular complexity index is 3380. The van der Waals surface area contributed by atoms with Crippen LogP contribution < -0.4 is 21.1 Å². The van der Waals surface area contributed by atoms with Crippen LogP contribution in [0, 0.1) is 20.8 Å². The molecule has 0 aliphatic heterocycles. The first-order chi connectivity index (χ1) is 32.7. The van der Waals surface area contributed by atoms with Gasteiger partial charge < -0.3 is 26.2 Å². The number of rotatable bonds is 16. The van der Waals surface area contributed by atoms with Gasteiger partial charge in [0, 0.05) is 39.1 Å². The van der Waals surface area contributed by atoms with Gasteiger partial charge in [0.25, 0.3) is 16.0 Å². The fraction of sp³-hybridized carbons (Fsp3) is 0.135. The number of carbonyl (C=O) groups is 1. The quantitative estimate of drug-likeness (QED) is 0.0270. The molecule has 6 N–H and O–H groups in total. The number of fused-ring (bicyclic) bond motifs is 2. The maximum Gasteiger partial charge on any atom is 0.264 e. The number of phenols is 1. The van der Waals surface area contributed by atoms with E-state index >= 15 is 0 Å². The summed E-state index contributed by atoms with van der Waals surface area (Å²) in [5.74, 6) is 0.0900. The van der Waals surface area contributed by atoms with Crippen molar-refractivity contribution in [2.75, 3.05) is 28.7 Å². The maximum absolute atomic E-state index is 13.1. The van der Waals surface area contributed by atoms with Gasteiger partial charge in [0.05, 0.1) is 40.8 Å². The molecular weight excluding hydrogens is 879 g/mol. The van der Waals surface area contributed by atoms with Gasteiger partial charge in [-0.3, -0.25) is 9.35 Å². The third-order valence-electron chi connectivity index (χ3n) is 11.0. The van der Waals surface area contributed by atoms with Crippen LogP contribution in [0.3, 0.4) is 0 Å². The Labute approximate surface area is 392 Å². The van der Waals surface area contributed by atoms with Gasteiger partial charge >= 0.3 is 0 Å². The van der Waals surface area contributed by atoms with Gasteiger partial charge in [-0.15, -0.1) is 5.11 Å². The molecule has 1 amide bonds. The van der Waals surface area contributed by atoms with Crippen LogP contribution in [0.25, 0.3) is 21.5 Å². The van der Waals surface area contributed by atoms with Crippen molar-refractivity contribution in [1.82, 2.24) is 0 Å². The smallest absolute Gasteiger partial charge is 0.264 e. The largest absolute Gasteiger partial charge is 0.505 e. The predicted octanol–water partition coefficient (Wildman–Crippen LogP) is 14.5. The second-order valence-electron chi connectivity index (χ2n) is 16.1. The Hall–Kier alpha value is -8.34. The number of azo groups is 3. The first-order valence-electron chi connectivity index (χ1n) is 21.6. The number of benzene rings is 8. The van der Waals surface area contributed by atoms with Crippen LogP contribution in [0.5, 0.6) is 11.5 Å². The highest BCUT2D eigenvalue weighted by atomic mass is 32.2. The van der Waals surface area contributed by atoms with Gasteiger partial charge in [-0.2, -0.15) is 34.0 Å². The Morgan fingerprint density at radius 3 is 1.91 bits per heavy atom. The van der Waals surface area contributed by atoms with Crippen LogP contribution in [-0.2, 0) is 10.1 Å². The number of nitrogens with one attached hydrogen (secondary N) is 2. The summed E-state index contributed by atoms with van der Waals surface area (Å²) < 4.78 is 36.7. The highest BCUT2D eigenvalue weighted by Gasteiger charge is 2.12. The number of nitrogens with zero attached hydrogens (tertiary/aromatic N) is 6. The highest BCUT2D eigenvalue weighted by molar-refractivity contribution is 7.85. The fourth-order valence-corrected chi connectivity index (χ4v) is 7.82. The molecule has 0 fully saturated rings. The van der Waals surface area contributed by atoms with Crippen molar-refractivity contribution in [1.29, 1.82) is 0 Å². The minimum absolute atomic E-state index is 0.0433. The van der Waals surface area contributed by atoms with E-state index in [4.69, 9.17) is 15.0 Å². The van der Waals surface area contributed by atoms with Crippen LogP contribution in [0.2, 0.25) is 0 Å². The van der Waals surface area contributed by atoms with Gasteiger partial charge in [-0.05, 0) is 188 Å². The first kappa shape index (κ1) is 46.2. The van der Waals surface area contributed by atoms with Crippen molar-refractivity contribution in [3.8, 4) is 11.5 Å². The van der Waals surface area contributed by atoms with E-state index < -0.39 is 10.1 Å². The minimum atomic E-state index is -3.99. The number of anilines is 4. The summed E-state index contributed by atoms with van der Waals surface area (Å²) >= 11 is 0. The van der Waals surface area contributed by atoms with Gasteiger partial charge in [0.15, 0.2) is 5.75 Å². The van der Waals surface area contributed by atoms with Gasteiger partial charge in [-0.25, -0.2) is 0 Å². The fourth-order valence-electron chi connectivity index (χ4n) is 7.25. The molecule has 0 saturated carbocycles. The number of nitrogens with two attached hydrogens (primary N) is 1. The topological polar surface area (TPSA) is 225 Å². The monoisotopic (exact) mass is 925 g/mol. The molecule has 0 saturated heterocycles. The van der Waals surface area contributed by atoms with E-state index in [1.54, 1.807) is 36.4 Å². The molecule has 0 aromatic heterocycles. The number of hydrogen-bond donors (Lipinski definition) is 5. The number of amides is 1.